The first-order chi connectivity index (χ1) is 25.6. The highest BCUT2D eigenvalue weighted by atomic mass is 32.2. The Morgan fingerprint density at radius 3 is 2.09 bits per heavy atom. The Bertz CT molecular complexity index is 1650. The summed E-state index contributed by atoms with van der Waals surface area (Å²) in [7, 11) is -3.00. The first-order valence-corrected chi connectivity index (χ1v) is 24.1. The summed E-state index contributed by atoms with van der Waals surface area (Å²) in [4.78, 5) is 27.5. The monoisotopic (exact) mass is 789 g/mol. The number of halogens is 1. The molecule has 0 unspecified atom stereocenters. The molecule has 7 aliphatic carbocycles. The van der Waals surface area contributed by atoms with E-state index < -0.39 is 39.7 Å². The molecule has 0 aromatic rings. The molecule has 10 heteroatoms. The molecule has 2 N–H and O–H groups in total. The van der Waals surface area contributed by atoms with E-state index in [1.807, 2.05) is 13.8 Å². The molecule has 55 heavy (non-hydrogen) atoms. The number of carbonyl (C=O) groups excluding carboxylic acids is 1. The van der Waals surface area contributed by atoms with Gasteiger partial charge in [-0.05, 0) is 147 Å². The van der Waals surface area contributed by atoms with Gasteiger partial charge in [0.1, 0.15) is 12.8 Å². The van der Waals surface area contributed by atoms with Crippen LogP contribution in [0.3, 0.4) is 0 Å². The molecule has 0 aromatic carbocycles. The second-order valence-electron chi connectivity index (χ2n) is 22.8. The lowest BCUT2D eigenvalue weighted by Gasteiger charge is -2.73. The van der Waals surface area contributed by atoms with E-state index in [0.717, 1.165) is 38.1 Å². The third-order valence-corrected chi connectivity index (χ3v) is 21.5. The van der Waals surface area contributed by atoms with Crippen LogP contribution in [-0.2, 0) is 24.2 Å². The Labute approximate surface area is 331 Å². The SMILES string of the molecule is CC1([C@@H]2CC[C@]3(NCC[C@H](CF)N4CCS(=O)(=O)CC4)CC[C@]4(C)[C@H](CC[C@@H]5[C@@]6(C)CC[C@H](OC(=O)[C@H]7[C@@H](C(=O)O)C7(C)C)C(C)(C)[C@@H]6CC[C@]54C)[C@@H]23)CC1. The zero-order chi connectivity index (χ0) is 39.8. The Balaban J connectivity index is 1.00. The average molecular weight is 789 g/mol. The predicted octanol–water partition coefficient (Wildman–Crippen LogP) is 7.94. The molecule has 0 spiro atoms. The van der Waals surface area contributed by atoms with Gasteiger partial charge in [0.2, 0.25) is 0 Å². The summed E-state index contributed by atoms with van der Waals surface area (Å²) in [6.45, 7) is 20.2. The van der Waals surface area contributed by atoms with Crippen molar-refractivity contribution >= 4 is 21.8 Å². The lowest BCUT2D eigenvalue weighted by molar-refractivity contribution is -0.248. The van der Waals surface area contributed by atoms with E-state index in [-0.39, 0.29) is 56.8 Å². The van der Waals surface area contributed by atoms with Crippen molar-refractivity contribution in [2.45, 2.75) is 157 Å². The number of hydrogen-bond donors (Lipinski definition) is 2. The molecule has 8 aliphatic rings. The van der Waals surface area contributed by atoms with Crippen LogP contribution in [0.15, 0.2) is 0 Å². The van der Waals surface area contributed by atoms with Gasteiger partial charge in [-0.25, -0.2) is 12.8 Å². The molecule has 0 bridgehead atoms. The second kappa shape index (κ2) is 13.1. The molecule has 1 aliphatic heterocycles. The van der Waals surface area contributed by atoms with Gasteiger partial charge in [0.05, 0.1) is 23.3 Å². The highest BCUT2D eigenvalue weighted by Crippen LogP contribution is 2.78. The number of fused-ring (bicyclic) bond motifs is 7. The van der Waals surface area contributed by atoms with Gasteiger partial charge in [-0.1, -0.05) is 55.4 Å². The van der Waals surface area contributed by atoms with E-state index in [2.05, 4.69) is 51.8 Å². The zero-order valence-corrected chi connectivity index (χ0v) is 36.2. The topological polar surface area (TPSA) is 113 Å². The molecule has 7 saturated carbocycles. The van der Waals surface area contributed by atoms with Crippen LogP contribution in [0.2, 0.25) is 0 Å². The minimum Gasteiger partial charge on any atom is -0.481 e. The van der Waals surface area contributed by atoms with Crippen LogP contribution < -0.4 is 5.32 Å². The van der Waals surface area contributed by atoms with Crippen molar-refractivity contribution in [3.63, 3.8) is 0 Å². The fraction of sp³-hybridized carbons (Fsp3) is 0.956. The van der Waals surface area contributed by atoms with Gasteiger partial charge in [0.25, 0.3) is 0 Å². The molecular formula is C45H73FN2O6S. The molecule has 312 valence electrons. The molecule has 13 atom stereocenters. The standard InChI is InChI=1S/C45H73FN2O6S/c1-39(2)31-12-16-44(8)32(42(31,6)15-13-33(39)54-38(51)36-35(37(49)50)40(36,3)4)10-9-30-34-29(41(5)18-19-41)11-17-45(34,21-20-43(30,44)7)47-22-14-28(27-46)48-23-25-55(52,53)26-24-48/h28-36,47H,9-27H2,1-8H3,(H,49,50)/t28-,29-,30-,31+,32-,33+,34-,35+,36-,42+,43-,44-,45+/m1/s1. The van der Waals surface area contributed by atoms with E-state index in [1.54, 1.807) is 0 Å². The first kappa shape index (κ1) is 40.5. The normalized spacial score (nSPS) is 47.9. The first-order valence-electron chi connectivity index (χ1n) is 22.3. The van der Waals surface area contributed by atoms with Crippen molar-refractivity contribution in [1.29, 1.82) is 0 Å². The Kier molecular flexibility index (Phi) is 9.66. The van der Waals surface area contributed by atoms with Crippen molar-refractivity contribution in [1.82, 2.24) is 10.2 Å². The fourth-order valence-corrected chi connectivity index (χ4v) is 17.4. The van der Waals surface area contributed by atoms with Crippen molar-refractivity contribution in [3.8, 4) is 0 Å². The number of ether oxygens (including phenoxy) is 1. The van der Waals surface area contributed by atoms with E-state index in [1.165, 1.54) is 57.8 Å². The molecule has 0 radical (unpaired) electrons. The highest BCUT2D eigenvalue weighted by Gasteiger charge is 2.73. The van der Waals surface area contributed by atoms with Gasteiger partial charge in [0, 0.05) is 30.1 Å². The van der Waals surface area contributed by atoms with Crippen LogP contribution in [0, 0.1) is 73.9 Å². The number of sulfone groups is 1. The Morgan fingerprint density at radius 1 is 0.782 bits per heavy atom. The summed E-state index contributed by atoms with van der Waals surface area (Å²) in [5.41, 5.74) is 0.371. The van der Waals surface area contributed by atoms with Crippen molar-refractivity contribution in [3.05, 3.63) is 0 Å². The smallest absolute Gasteiger partial charge is 0.310 e. The average Bonchev–Trinajstić information content (AvgIpc) is 3.94. The Morgan fingerprint density at radius 2 is 1.47 bits per heavy atom. The van der Waals surface area contributed by atoms with E-state index in [9.17, 15) is 27.5 Å². The lowest BCUT2D eigenvalue weighted by Crippen LogP contribution is -2.69. The molecule has 1 saturated heterocycles. The number of esters is 1. The number of nitrogens with zero attached hydrogens (tertiary/aromatic N) is 1. The van der Waals surface area contributed by atoms with Crippen LogP contribution >= 0.6 is 0 Å². The minimum absolute atomic E-state index is 0.0938. The maximum atomic E-state index is 14.5. The summed E-state index contributed by atoms with van der Waals surface area (Å²) in [5, 5.41) is 14.0. The van der Waals surface area contributed by atoms with Gasteiger partial charge in [0.15, 0.2) is 9.84 Å². The summed E-state index contributed by atoms with van der Waals surface area (Å²) >= 11 is 0. The quantitative estimate of drug-likeness (QED) is 0.215. The van der Waals surface area contributed by atoms with Crippen LogP contribution in [0.1, 0.15) is 139 Å². The molecule has 0 amide bonds. The summed E-state index contributed by atoms with van der Waals surface area (Å²) in [6.07, 6.45) is 14.8. The highest BCUT2D eigenvalue weighted by molar-refractivity contribution is 7.91. The van der Waals surface area contributed by atoms with Gasteiger partial charge < -0.3 is 15.2 Å². The number of carboxylic acids is 1. The van der Waals surface area contributed by atoms with Crippen LogP contribution in [0.25, 0.3) is 0 Å². The van der Waals surface area contributed by atoms with Gasteiger partial charge in [-0.15, -0.1) is 0 Å². The molecule has 1 heterocycles. The predicted molar refractivity (Wildman–Crippen MR) is 213 cm³/mol. The van der Waals surface area contributed by atoms with Gasteiger partial charge in [-0.2, -0.15) is 0 Å². The van der Waals surface area contributed by atoms with E-state index >= 15 is 0 Å². The number of nitrogens with one attached hydrogen (secondary N) is 1. The number of carboxylic acid groups (broad SMARTS) is 1. The molecule has 0 aromatic heterocycles. The van der Waals surface area contributed by atoms with Gasteiger partial charge in [-0.3, -0.25) is 14.5 Å². The molecule has 8 fully saturated rings. The van der Waals surface area contributed by atoms with Crippen LogP contribution in [0.4, 0.5) is 4.39 Å². The number of hydrogen-bond acceptors (Lipinski definition) is 7. The van der Waals surface area contributed by atoms with Gasteiger partial charge >= 0.3 is 11.9 Å². The third-order valence-electron chi connectivity index (χ3n) is 19.9. The van der Waals surface area contributed by atoms with Crippen molar-refractivity contribution < 1.29 is 32.2 Å². The maximum Gasteiger partial charge on any atom is 0.310 e. The largest absolute Gasteiger partial charge is 0.481 e. The minimum atomic E-state index is -3.00. The molecule has 8 rings (SSSR count). The molecule has 8 nitrogen and oxygen atoms in total. The van der Waals surface area contributed by atoms with Crippen LogP contribution in [-0.4, -0.2) is 85.9 Å². The number of aliphatic carboxylic acids is 1. The van der Waals surface area contributed by atoms with E-state index in [4.69, 9.17) is 4.74 Å². The Hall–Kier alpha value is -1.26. The maximum absolute atomic E-state index is 14.5. The fourth-order valence-electron chi connectivity index (χ4n) is 16.1. The summed E-state index contributed by atoms with van der Waals surface area (Å²) < 4.78 is 45.0. The number of alkyl halides is 1. The van der Waals surface area contributed by atoms with Crippen LogP contribution in [0.5, 0.6) is 0 Å². The van der Waals surface area contributed by atoms with Crippen molar-refractivity contribution in [2.75, 3.05) is 37.8 Å². The second-order valence-corrected chi connectivity index (χ2v) is 25.1. The third kappa shape index (κ3) is 6.06. The van der Waals surface area contributed by atoms with E-state index in [0.29, 0.717) is 42.2 Å². The van der Waals surface area contributed by atoms with Crippen molar-refractivity contribution in [2.24, 2.45) is 73.9 Å². The number of rotatable bonds is 10. The summed E-state index contributed by atoms with van der Waals surface area (Å²) in [6, 6.07) is -0.222. The lowest BCUT2D eigenvalue weighted by atomic mass is 9.32. The zero-order valence-electron chi connectivity index (χ0n) is 35.4. The molecular weight excluding hydrogens is 716 g/mol. The number of carbonyl (C=O) groups is 2. The summed E-state index contributed by atoms with van der Waals surface area (Å²) in [5.74, 6) is 0.877.